The van der Waals surface area contributed by atoms with E-state index in [4.69, 9.17) is 9.15 Å². The van der Waals surface area contributed by atoms with Crippen LogP contribution in [0.4, 0.5) is 5.69 Å². The van der Waals surface area contributed by atoms with Gasteiger partial charge in [-0.05, 0) is 55.5 Å². The molecule has 3 aromatic rings. The molecule has 0 atom stereocenters. The van der Waals surface area contributed by atoms with Crippen LogP contribution < -0.4 is 10.1 Å². The Morgan fingerprint density at radius 3 is 2.42 bits per heavy atom. The molecule has 5 heteroatoms. The van der Waals surface area contributed by atoms with Crippen molar-refractivity contribution in [3.05, 3.63) is 70.9 Å². The molecule has 0 fully saturated rings. The molecular weight excluding hydrogens is 370 g/mol. The van der Waals surface area contributed by atoms with Gasteiger partial charge in [0.05, 0.1) is 6.61 Å². The number of ether oxygens (including phenoxy) is 1. The van der Waals surface area contributed by atoms with Gasteiger partial charge in [0.2, 0.25) is 0 Å². The second-order valence-electron chi connectivity index (χ2n) is 5.08. The Morgan fingerprint density at radius 1 is 1.04 bits per heavy atom. The molecule has 0 saturated carbocycles. The van der Waals surface area contributed by atoms with E-state index < -0.39 is 0 Å². The molecule has 0 aliphatic rings. The van der Waals surface area contributed by atoms with Crippen molar-refractivity contribution in [2.24, 2.45) is 0 Å². The van der Waals surface area contributed by atoms with Crippen LogP contribution in [0.15, 0.2) is 69.6 Å². The second-order valence-corrected chi connectivity index (χ2v) is 6.00. The Bertz CT molecular complexity index is 823. The van der Waals surface area contributed by atoms with E-state index in [-0.39, 0.29) is 11.7 Å². The number of hydrogen-bond acceptors (Lipinski definition) is 3. The highest BCUT2D eigenvalue weighted by Gasteiger charge is 2.12. The largest absolute Gasteiger partial charge is 0.494 e. The minimum atomic E-state index is -0.289. The maximum Gasteiger partial charge on any atom is 0.291 e. The topological polar surface area (TPSA) is 51.5 Å². The predicted molar refractivity (Wildman–Crippen MR) is 97.4 cm³/mol. The van der Waals surface area contributed by atoms with Crippen LogP contribution in [0.1, 0.15) is 17.5 Å². The zero-order chi connectivity index (χ0) is 16.9. The highest BCUT2D eigenvalue weighted by Crippen LogP contribution is 2.24. The third-order valence-electron chi connectivity index (χ3n) is 3.38. The number of nitrogens with one attached hydrogen (secondary N) is 1. The maximum atomic E-state index is 12.3. The van der Waals surface area contributed by atoms with Gasteiger partial charge in [-0.1, -0.05) is 28.1 Å². The number of carbonyl (C=O) groups excluding carboxylic acids is 1. The van der Waals surface area contributed by atoms with Gasteiger partial charge >= 0.3 is 0 Å². The van der Waals surface area contributed by atoms with Gasteiger partial charge in [-0.15, -0.1) is 0 Å². The van der Waals surface area contributed by atoms with Gasteiger partial charge < -0.3 is 14.5 Å². The summed E-state index contributed by atoms with van der Waals surface area (Å²) in [4.78, 5) is 12.3. The number of rotatable bonds is 5. The van der Waals surface area contributed by atoms with E-state index in [1.807, 2.05) is 43.3 Å². The maximum absolute atomic E-state index is 12.3. The SMILES string of the molecule is CCOc1ccc(NC(=O)c2ccc(-c3ccc(Br)cc3)o2)cc1. The molecule has 1 N–H and O–H groups in total. The number of hydrogen-bond donors (Lipinski definition) is 1. The molecule has 0 aliphatic carbocycles. The lowest BCUT2D eigenvalue weighted by Crippen LogP contribution is -2.10. The van der Waals surface area contributed by atoms with Gasteiger partial charge in [0, 0.05) is 15.7 Å². The third-order valence-corrected chi connectivity index (χ3v) is 3.91. The molecule has 1 amide bonds. The molecule has 0 bridgehead atoms. The van der Waals surface area contributed by atoms with Crippen molar-refractivity contribution in [1.29, 1.82) is 0 Å². The molecule has 24 heavy (non-hydrogen) atoms. The van der Waals surface area contributed by atoms with E-state index in [1.165, 1.54) is 0 Å². The second kappa shape index (κ2) is 7.36. The molecule has 1 aromatic heterocycles. The van der Waals surface area contributed by atoms with E-state index in [2.05, 4.69) is 21.2 Å². The lowest BCUT2D eigenvalue weighted by molar-refractivity contribution is 0.0997. The predicted octanol–water partition coefficient (Wildman–Crippen LogP) is 5.36. The Labute approximate surface area is 148 Å². The molecule has 0 saturated heterocycles. The van der Waals surface area contributed by atoms with Gasteiger partial charge in [-0.2, -0.15) is 0 Å². The molecule has 3 rings (SSSR count). The molecule has 2 aromatic carbocycles. The molecule has 0 aliphatic heterocycles. The lowest BCUT2D eigenvalue weighted by Gasteiger charge is -2.06. The third kappa shape index (κ3) is 3.86. The number of halogens is 1. The van der Waals surface area contributed by atoms with Crippen LogP contribution in [0.3, 0.4) is 0 Å². The molecule has 0 spiro atoms. The molecule has 1 heterocycles. The van der Waals surface area contributed by atoms with Gasteiger partial charge in [0.25, 0.3) is 5.91 Å². The molecule has 4 nitrogen and oxygen atoms in total. The van der Waals surface area contributed by atoms with Crippen molar-refractivity contribution in [1.82, 2.24) is 0 Å². The molecule has 0 radical (unpaired) electrons. The Kier molecular flexibility index (Phi) is 5.01. The summed E-state index contributed by atoms with van der Waals surface area (Å²) in [5.41, 5.74) is 1.60. The number of benzene rings is 2. The van der Waals surface area contributed by atoms with Crippen molar-refractivity contribution >= 4 is 27.5 Å². The van der Waals surface area contributed by atoms with E-state index in [0.29, 0.717) is 18.1 Å². The summed E-state index contributed by atoms with van der Waals surface area (Å²) in [5.74, 6) is 1.40. The van der Waals surface area contributed by atoms with Crippen LogP contribution >= 0.6 is 15.9 Å². The van der Waals surface area contributed by atoms with Gasteiger partial charge in [-0.25, -0.2) is 0 Å². The van der Waals surface area contributed by atoms with Crippen LogP contribution in [0.25, 0.3) is 11.3 Å². The van der Waals surface area contributed by atoms with E-state index >= 15 is 0 Å². The first-order chi connectivity index (χ1) is 11.7. The fourth-order valence-corrected chi connectivity index (χ4v) is 2.49. The zero-order valence-corrected chi connectivity index (χ0v) is 14.7. The minimum Gasteiger partial charge on any atom is -0.494 e. The summed E-state index contributed by atoms with van der Waals surface area (Å²) < 4.78 is 12.0. The molecular formula is C19H16BrNO3. The van der Waals surface area contributed by atoms with Crippen LogP contribution in [-0.2, 0) is 0 Å². The number of anilines is 1. The fourth-order valence-electron chi connectivity index (χ4n) is 2.22. The van der Waals surface area contributed by atoms with Crippen LogP contribution in [-0.4, -0.2) is 12.5 Å². The summed E-state index contributed by atoms with van der Waals surface area (Å²) in [6.07, 6.45) is 0. The minimum absolute atomic E-state index is 0.266. The standard InChI is InChI=1S/C19H16BrNO3/c1-2-23-16-9-7-15(8-10-16)21-19(22)18-12-11-17(24-18)13-3-5-14(20)6-4-13/h3-12H,2H2,1H3,(H,21,22). The van der Waals surface area contributed by atoms with E-state index in [0.717, 1.165) is 15.8 Å². The normalized spacial score (nSPS) is 10.4. The summed E-state index contributed by atoms with van der Waals surface area (Å²) in [7, 11) is 0. The summed E-state index contributed by atoms with van der Waals surface area (Å²) >= 11 is 3.39. The lowest BCUT2D eigenvalue weighted by atomic mass is 10.2. The van der Waals surface area contributed by atoms with Gasteiger partial charge in [0.1, 0.15) is 11.5 Å². The highest BCUT2D eigenvalue weighted by atomic mass is 79.9. The molecule has 122 valence electrons. The van der Waals surface area contributed by atoms with Crippen LogP contribution in [0.5, 0.6) is 5.75 Å². The smallest absolute Gasteiger partial charge is 0.291 e. The van der Waals surface area contributed by atoms with E-state index in [1.54, 1.807) is 24.3 Å². The van der Waals surface area contributed by atoms with E-state index in [9.17, 15) is 4.79 Å². The summed E-state index contributed by atoms with van der Waals surface area (Å²) in [5, 5.41) is 2.81. The Balaban J connectivity index is 1.70. The van der Waals surface area contributed by atoms with Crippen LogP contribution in [0, 0.1) is 0 Å². The first-order valence-corrected chi connectivity index (χ1v) is 8.35. The fraction of sp³-hybridized carbons (Fsp3) is 0.105. The van der Waals surface area contributed by atoms with Gasteiger partial charge in [-0.3, -0.25) is 4.79 Å². The monoisotopic (exact) mass is 385 g/mol. The quantitative estimate of drug-likeness (QED) is 0.642. The number of furan rings is 1. The summed E-state index contributed by atoms with van der Waals surface area (Å²) in [6, 6.07) is 18.4. The Hall–Kier alpha value is -2.53. The number of amides is 1. The first-order valence-electron chi connectivity index (χ1n) is 7.55. The Morgan fingerprint density at radius 2 is 1.75 bits per heavy atom. The van der Waals surface area contributed by atoms with Crippen molar-refractivity contribution in [2.45, 2.75) is 6.92 Å². The average molecular weight is 386 g/mol. The number of carbonyl (C=O) groups is 1. The van der Waals surface area contributed by atoms with Crippen molar-refractivity contribution in [3.63, 3.8) is 0 Å². The van der Waals surface area contributed by atoms with Crippen molar-refractivity contribution < 1.29 is 13.9 Å². The van der Waals surface area contributed by atoms with Crippen molar-refractivity contribution in [3.8, 4) is 17.1 Å². The summed E-state index contributed by atoms with van der Waals surface area (Å²) in [6.45, 7) is 2.53. The first kappa shape index (κ1) is 16.3. The van der Waals surface area contributed by atoms with Crippen molar-refractivity contribution in [2.75, 3.05) is 11.9 Å². The van der Waals surface area contributed by atoms with Crippen LogP contribution in [0.2, 0.25) is 0 Å². The average Bonchev–Trinajstić information content (AvgIpc) is 3.08. The highest BCUT2D eigenvalue weighted by molar-refractivity contribution is 9.10. The molecule has 0 unspecified atom stereocenters. The van der Waals surface area contributed by atoms with Gasteiger partial charge in [0.15, 0.2) is 5.76 Å². The zero-order valence-electron chi connectivity index (χ0n) is 13.1.